The molecule has 1 saturated heterocycles. The van der Waals surface area contributed by atoms with Gasteiger partial charge in [0.25, 0.3) is 0 Å². The highest BCUT2D eigenvalue weighted by Gasteiger charge is 2.26. The van der Waals surface area contributed by atoms with Gasteiger partial charge in [-0.3, -0.25) is 4.79 Å². The molecule has 1 heterocycles. The number of ether oxygens (including phenoxy) is 1. The maximum absolute atomic E-state index is 12.0. The van der Waals surface area contributed by atoms with Crippen molar-refractivity contribution >= 4 is 5.91 Å². The van der Waals surface area contributed by atoms with E-state index < -0.39 is 6.61 Å². The number of nitrogens with two attached hydrogens (primary N) is 1. The fourth-order valence-electron chi connectivity index (χ4n) is 1.95. The van der Waals surface area contributed by atoms with Crippen molar-refractivity contribution in [1.29, 1.82) is 0 Å². The van der Waals surface area contributed by atoms with Gasteiger partial charge in [-0.2, -0.15) is 8.78 Å². The topological polar surface area (TPSA) is 55.6 Å². The van der Waals surface area contributed by atoms with Crippen molar-refractivity contribution in [3.63, 3.8) is 0 Å². The van der Waals surface area contributed by atoms with E-state index in [0.717, 1.165) is 5.56 Å². The van der Waals surface area contributed by atoms with Crippen molar-refractivity contribution in [3.05, 3.63) is 29.8 Å². The van der Waals surface area contributed by atoms with Crippen molar-refractivity contribution < 1.29 is 18.3 Å². The highest BCUT2D eigenvalue weighted by molar-refractivity contribution is 5.79. The third kappa shape index (κ3) is 3.16. The zero-order valence-corrected chi connectivity index (χ0v) is 9.68. The molecule has 0 aliphatic carbocycles. The molecular formula is C12H14F2N2O2. The second-order valence-electron chi connectivity index (χ2n) is 4.26. The highest BCUT2D eigenvalue weighted by Crippen LogP contribution is 2.18. The lowest BCUT2D eigenvalue weighted by atomic mass is 10.2. The van der Waals surface area contributed by atoms with Crippen LogP contribution < -0.4 is 10.5 Å². The number of benzene rings is 1. The van der Waals surface area contributed by atoms with Gasteiger partial charge in [0.1, 0.15) is 5.75 Å². The normalized spacial score (nSPS) is 19.7. The maximum Gasteiger partial charge on any atom is 0.387 e. The average Bonchev–Trinajstić information content (AvgIpc) is 2.59. The van der Waals surface area contributed by atoms with Crippen LogP contribution in [0.15, 0.2) is 24.3 Å². The Morgan fingerprint density at radius 3 is 2.56 bits per heavy atom. The van der Waals surface area contributed by atoms with E-state index >= 15 is 0 Å². The molecule has 6 heteroatoms. The largest absolute Gasteiger partial charge is 0.435 e. The molecular weight excluding hydrogens is 242 g/mol. The molecule has 98 valence electrons. The van der Waals surface area contributed by atoms with Crippen LogP contribution in [-0.2, 0) is 11.3 Å². The van der Waals surface area contributed by atoms with Crippen molar-refractivity contribution in [3.8, 4) is 5.75 Å². The Labute approximate surface area is 103 Å². The van der Waals surface area contributed by atoms with Crippen molar-refractivity contribution in [1.82, 2.24) is 4.90 Å². The molecule has 4 nitrogen and oxygen atoms in total. The van der Waals surface area contributed by atoms with Crippen molar-refractivity contribution in [2.75, 3.05) is 6.54 Å². The Kier molecular flexibility index (Phi) is 3.76. The van der Waals surface area contributed by atoms with Gasteiger partial charge in [-0.05, 0) is 17.7 Å². The molecule has 0 spiro atoms. The van der Waals surface area contributed by atoms with Crippen LogP contribution >= 0.6 is 0 Å². The van der Waals surface area contributed by atoms with E-state index in [0.29, 0.717) is 19.5 Å². The molecule has 0 aromatic heterocycles. The molecule has 1 fully saturated rings. The summed E-state index contributed by atoms with van der Waals surface area (Å²) < 4.78 is 28.2. The summed E-state index contributed by atoms with van der Waals surface area (Å²) in [6.07, 6.45) is 0.368. The number of rotatable bonds is 4. The number of hydrogen-bond donors (Lipinski definition) is 1. The Balaban J connectivity index is 1.96. The van der Waals surface area contributed by atoms with Crippen LogP contribution in [0, 0.1) is 0 Å². The predicted octanol–water partition coefficient (Wildman–Crippen LogP) is 1.35. The Morgan fingerprint density at radius 1 is 1.39 bits per heavy atom. The average molecular weight is 256 g/mol. The molecule has 2 rings (SSSR count). The van der Waals surface area contributed by atoms with Crippen LogP contribution in [0.5, 0.6) is 5.75 Å². The number of nitrogens with zero attached hydrogens (tertiary/aromatic N) is 1. The van der Waals surface area contributed by atoms with E-state index in [1.54, 1.807) is 17.0 Å². The fourth-order valence-corrected chi connectivity index (χ4v) is 1.95. The van der Waals surface area contributed by atoms with Gasteiger partial charge in [0, 0.05) is 25.6 Å². The zero-order chi connectivity index (χ0) is 13.1. The number of likely N-dealkylation sites (tertiary alicyclic amines) is 1. The summed E-state index contributed by atoms with van der Waals surface area (Å²) in [6.45, 7) is -1.84. The number of halogens is 2. The molecule has 1 unspecified atom stereocenters. The molecule has 18 heavy (non-hydrogen) atoms. The van der Waals surface area contributed by atoms with Crippen LogP contribution in [0.1, 0.15) is 12.0 Å². The molecule has 0 saturated carbocycles. The lowest BCUT2D eigenvalue weighted by molar-refractivity contribution is -0.128. The number of carbonyl (C=O) groups excluding carboxylic acids is 1. The lowest BCUT2D eigenvalue weighted by Gasteiger charge is -2.16. The number of amides is 1. The van der Waals surface area contributed by atoms with E-state index in [4.69, 9.17) is 5.73 Å². The van der Waals surface area contributed by atoms with Crippen LogP contribution in [0.2, 0.25) is 0 Å². The summed E-state index contributed by atoms with van der Waals surface area (Å²) in [5, 5.41) is 0. The second kappa shape index (κ2) is 5.30. The van der Waals surface area contributed by atoms with Gasteiger partial charge in [-0.25, -0.2) is 0 Å². The van der Waals surface area contributed by atoms with E-state index in [1.807, 2.05) is 0 Å². The van der Waals surface area contributed by atoms with Gasteiger partial charge in [0.2, 0.25) is 5.91 Å². The van der Waals surface area contributed by atoms with E-state index in [9.17, 15) is 13.6 Å². The van der Waals surface area contributed by atoms with Gasteiger partial charge in [0.05, 0.1) is 0 Å². The van der Waals surface area contributed by atoms with Crippen LogP contribution in [-0.4, -0.2) is 30.0 Å². The number of hydrogen-bond acceptors (Lipinski definition) is 3. The van der Waals surface area contributed by atoms with Crippen LogP contribution in [0.4, 0.5) is 8.78 Å². The quantitative estimate of drug-likeness (QED) is 0.884. The molecule has 0 bridgehead atoms. The van der Waals surface area contributed by atoms with Crippen LogP contribution in [0.25, 0.3) is 0 Å². The SMILES string of the molecule is NC1CC(=O)N(Cc2ccc(OC(F)F)cc2)C1. The third-order valence-electron chi connectivity index (χ3n) is 2.77. The molecule has 1 atom stereocenters. The minimum Gasteiger partial charge on any atom is -0.435 e. The highest BCUT2D eigenvalue weighted by atomic mass is 19.3. The fraction of sp³-hybridized carbons (Fsp3) is 0.417. The molecule has 1 aliphatic rings. The molecule has 0 radical (unpaired) electrons. The standard InChI is InChI=1S/C12H14F2N2O2/c13-12(14)18-10-3-1-8(2-4-10)6-16-7-9(15)5-11(16)17/h1-4,9,12H,5-7,15H2. The maximum atomic E-state index is 12.0. The molecule has 1 amide bonds. The summed E-state index contributed by atoms with van der Waals surface area (Å²) in [4.78, 5) is 13.2. The van der Waals surface area contributed by atoms with Gasteiger partial charge in [0.15, 0.2) is 0 Å². The minimum atomic E-state index is -2.82. The summed E-state index contributed by atoms with van der Waals surface area (Å²) in [7, 11) is 0. The van der Waals surface area contributed by atoms with Gasteiger partial charge in [-0.15, -0.1) is 0 Å². The van der Waals surface area contributed by atoms with Crippen molar-refractivity contribution in [2.24, 2.45) is 5.73 Å². The van der Waals surface area contributed by atoms with Crippen LogP contribution in [0.3, 0.4) is 0 Å². The smallest absolute Gasteiger partial charge is 0.387 e. The van der Waals surface area contributed by atoms with E-state index in [1.165, 1.54) is 12.1 Å². The predicted molar refractivity (Wildman–Crippen MR) is 61.1 cm³/mol. The minimum absolute atomic E-state index is 0.0235. The number of alkyl halides is 2. The Morgan fingerprint density at radius 2 is 2.06 bits per heavy atom. The van der Waals surface area contributed by atoms with E-state index in [-0.39, 0.29) is 17.7 Å². The van der Waals surface area contributed by atoms with E-state index in [2.05, 4.69) is 4.74 Å². The second-order valence-corrected chi connectivity index (χ2v) is 4.26. The summed E-state index contributed by atoms with van der Waals surface area (Å²) in [5.41, 5.74) is 6.54. The first-order chi connectivity index (χ1) is 8.54. The van der Waals surface area contributed by atoms with Gasteiger partial charge in [-0.1, -0.05) is 12.1 Å². The first-order valence-electron chi connectivity index (χ1n) is 5.61. The summed E-state index contributed by atoms with van der Waals surface area (Å²) >= 11 is 0. The molecule has 2 N–H and O–H groups in total. The first kappa shape index (κ1) is 12.8. The lowest BCUT2D eigenvalue weighted by Crippen LogP contribution is -2.27. The monoisotopic (exact) mass is 256 g/mol. The van der Waals surface area contributed by atoms with Gasteiger partial charge >= 0.3 is 6.61 Å². The third-order valence-corrected chi connectivity index (χ3v) is 2.77. The first-order valence-corrected chi connectivity index (χ1v) is 5.61. The Hall–Kier alpha value is -1.69. The molecule has 1 aromatic carbocycles. The summed E-state index contributed by atoms with van der Waals surface area (Å²) in [5.74, 6) is 0.133. The number of carbonyl (C=O) groups is 1. The van der Waals surface area contributed by atoms with Crippen molar-refractivity contribution in [2.45, 2.75) is 25.6 Å². The zero-order valence-electron chi connectivity index (χ0n) is 9.68. The summed E-state index contributed by atoms with van der Waals surface area (Å²) in [6, 6.07) is 6.13. The molecule has 1 aliphatic heterocycles. The Bertz CT molecular complexity index is 423. The van der Waals surface area contributed by atoms with Gasteiger partial charge < -0.3 is 15.4 Å². The molecule has 1 aromatic rings.